The largest absolute Gasteiger partial charge is 0.476 e. The summed E-state index contributed by atoms with van der Waals surface area (Å²) in [5.74, 6) is -0.784. The Morgan fingerprint density at radius 3 is 2.89 bits per heavy atom. The molecular weight excluding hydrogens is 240 g/mol. The summed E-state index contributed by atoms with van der Waals surface area (Å²) < 4.78 is 10.2. The minimum absolute atomic E-state index is 0.0602. The van der Waals surface area contributed by atoms with Gasteiger partial charge in [0, 0.05) is 7.11 Å². The van der Waals surface area contributed by atoms with Gasteiger partial charge in [-0.15, -0.1) is 0 Å². The van der Waals surface area contributed by atoms with Crippen molar-refractivity contribution >= 4 is 5.97 Å². The number of imidazole rings is 1. The number of carboxylic acid groups (broad SMARTS) is 1. The van der Waals surface area contributed by atoms with E-state index in [2.05, 4.69) is 20.1 Å². The van der Waals surface area contributed by atoms with Crippen molar-refractivity contribution < 1.29 is 19.2 Å². The SMILES string of the molecule is COC(C)(C)c1noc(-c2[nH]cnc2C(=O)O)n1. The summed E-state index contributed by atoms with van der Waals surface area (Å²) in [5, 5.41) is 12.7. The zero-order valence-electron chi connectivity index (χ0n) is 10.1. The summed E-state index contributed by atoms with van der Waals surface area (Å²) in [6, 6.07) is 0. The molecule has 0 aromatic carbocycles. The van der Waals surface area contributed by atoms with E-state index in [1.54, 1.807) is 13.8 Å². The van der Waals surface area contributed by atoms with Gasteiger partial charge in [0.15, 0.2) is 5.69 Å². The van der Waals surface area contributed by atoms with Gasteiger partial charge in [-0.3, -0.25) is 0 Å². The second-order valence-electron chi connectivity index (χ2n) is 4.07. The molecule has 8 nitrogen and oxygen atoms in total. The summed E-state index contributed by atoms with van der Waals surface area (Å²) in [7, 11) is 1.52. The summed E-state index contributed by atoms with van der Waals surface area (Å²) in [4.78, 5) is 21.3. The predicted octanol–water partition coefficient (Wildman–Crippen LogP) is 1.04. The Morgan fingerprint density at radius 2 is 2.28 bits per heavy atom. The van der Waals surface area contributed by atoms with Crippen LogP contribution in [-0.4, -0.2) is 38.3 Å². The number of aromatic amines is 1. The van der Waals surface area contributed by atoms with Crippen molar-refractivity contribution in [1.29, 1.82) is 0 Å². The highest BCUT2D eigenvalue weighted by Crippen LogP contribution is 2.24. The number of nitrogens with zero attached hydrogens (tertiary/aromatic N) is 3. The lowest BCUT2D eigenvalue weighted by Crippen LogP contribution is -2.21. The van der Waals surface area contributed by atoms with Crippen molar-refractivity contribution in [2.24, 2.45) is 0 Å². The number of carbonyl (C=O) groups is 1. The average Bonchev–Trinajstić information content (AvgIpc) is 2.97. The quantitative estimate of drug-likeness (QED) is 0.835. The van der Waals surface area contributed by atoms with Gasteiger partial charge in [0.25, 0.3) is 5.89 Å². The molecule has 0 aliphatic carbocycles. The number of carboxylic acids is 1. The molecule has 0 amide bonds. The maximum absolute atomic E-state index is 10.9. The van der Waals surface area contributed by atoms with E-state index in [9.17, 15) is 4.79 Å². The second kappa shape index (κ2) is 4.22. The molecular formula is C10H12N4O4. The van der Waals surface area contributed by atoms with Crippen LogP contribution in [0.15, 0.2) is 10.9 Å². The van der Waals surface area contributed by atoms with Gasteiger partial charge in [0.2, 0.25) is 5.82 Å². The molecule has 2 aromatic heterocycles. The van der Waals surface area contributed by atoms with Crippen LogP contribution in [-0.2, 0) is 10.3 Å². The van der Waals surface area contributed by atoms with Gasteiger partial charge in [0.05, 0.1) is 6.33 Å². The third-order valence-corrected chi connectivity index (χ3v) is 2.53. The van der Waals surface area contributed by atoms with E-state index in [1.807, 2.05) is 0 Å². The summed E-state index contributed by atoms with van der Waals surface area (Å²) in [6.07, 6.45) is 1.25. The summed E-state index contributed by atoms with van der Waals surface area (Å²) in [5.41, 5.74) is -0.709. The number of aromatic carboxylic acids is 1. The van der Waals surface area contributed by atoms with Crippen molar-refractivity contribution in [2.75, 3.05) is 7.11 Å². The molecule has 8 heteroatoms. The molecule has 0 spiro atoms. The Labute approximate surface area is 102 Å². The van der Waals surface area contributed by atoms with Gasteiger partial charge in [-0.2, -0.15) is 4.98 Å². The number of nitrogens with one attached hydrogen (secondary N) is 1. The first-order chi connectivity index (χ1) is 8.45. The fourth-order valence-corrected chi connectivity index (χ4v) is 1.28. The molecule has 0 saturated heterocycles. The molecule has 0 atom stereocenters. The van der Waals surface area contributed by atoms with E-state index in [1.165, 1.54) is 13.4 Å². The molecule has 0 saturated carbocycles. The van der Waals surface area contributed by atoms with E-state index in [0.717, 1.165) is 0 Å². The van der Waals surface area contributed by atoms with Crippen LogP contribution in [0.2, 0.25) is 0 Å². The topological polar surface area (TPSA) is 114 Å². The van der Waals surface area contributed by atoms with E-state index in [0.29, 0.717) is 5.82 Å². The fraction of sp³-hybridized carbons (Fsp3) is 0.400. The molecule has 2 N–H and O–H groups in total. The molecule has 0 aliphatic rings. The Hall–Kier alpha value is -2.22. The molecule has 0 aliphatic heterocycles. The predicted molar refractivity (Wildman–Crippen MR) is 58.9 cm³/mol. The molecule has 2 heterocycles. The number of hydrogen-bond acceptors (Lipinski definition) is 6. The maximum Gasteiger partial charge on any atom is 0.356 e. The van der Waals surface area contributed by atoms with Crippen LogP contribution in [0, 0.1) is 0 Å². The first kappa shape index (κ1) is 12.2. The van der Waals surface area contributed by atoms with Gasteiger partial charge in [-0.05, 0) is 13.8 Å². The zero-order valence-corrected chi connectivity index (χ0v) is 10.1. The van der Waals surface area contributed by atoms with Gasteiger partial charge in [-0.1, -0.05) is 5.16 Å². The van der Waals surface area contributed by atoms with Crippen LogP contribution < -0.4 is 0 Å². The third kappa shape index (κ3) is 1.97. The molecule has 0 radical (unpaired) electrons. The molecule has 0 unspecified atom stereocenters. The number of ether oxygens (including phenoxy) is 1. The van der Waals surface area contributed by atoms with Crippen LogP contribution in [0.5, 0.6) is 0 Å². The van der Waals surface area contributed by atoms with Gasteiger partial charge >= 0.3 is 5.97 Å². The fourth-order valence-electron chi connectivity index (χ4n) is 1.28. The highest BCUT2D eigenvalue weighted by atomic mass is 16.5. The van der Waals surface area contributed by atoms with Crippen LogP contribution in [0.3, 0.4) is 0 Å². The standard InChI is InChI=1S/C10H12N4O4/c1-10(2,17-3)9-13-7(18-14-9)5-6(8(15)16)12-4-11-5/h4H,1-3H3,(H,11,12)(H,15,16). The number of rotatable bonds is 4. The highest BCUT2D eigenvalue weighted by molar-refractivity contribution is 5.91. The lowest BCUT2D eigenvalue weighted by Gasteiger charge is -2.17. The van der Waals surface area contributed by atoms with Crippen molar-refractivity contribution in [1.82, 2.24) is 20.1 Å². The molecule has 2 rings (SSSR count). The van der Waals surface area contributed by atoms with E-state index in [-0.39, 0.29) is 17.3 Å². The van der Waals surface area contributed by atoms with Gasteiger partial charge < -0.3 is 19.4 Å². The number of hydrogen-bond donors (Lipinski definition) is 2. The monoisotopic (exact) mass is 252 g/mol. The average molecular weight is 252 g/mol. The Morgan fingerprint density at radius 1 is 1.56 bits per heavy atom. The highest BCUT2D eigenvalue weighted by Gasteiger charge is 2.28. The van der Waals surface area contributed by atoms with E-state index < -0.39 is 11.6 Å². The molecule has 96 valence electrons. The first-order valence-electron chi connectivity index (χ1n) is 5.12. The lowest BCUT2D eigenvalue weighted by molar-refractivity contribution is 0.00973. The van der Waals surface area contributed by atoms with Crippen LogP contribution in [0.1, 0.15) is 30.2 Å². The van der Waals surface area contributed by atoms with Crippen LogP contribution in [0.4, 0.5) is 0 Å². The molecule has 0 bridgehead atoms. The first-order valence-corrected chi connectivity index (χ1v) is 5.12. The molecule has 2 aromatic rings. The number of methoxy groups -OCH3 is 1. The smallest absolute Gasteiger partial charge is 0.356 e. The minimum atomic E-state index is -1.17. The second-order valence-corrected chi connectivity index (χ2v) is 4.07. The summed E-state index contributed by atoms with van der Waals surface area (Å²) >= 11 is 0. The van der Waals surface area contributed by atoms with Crippen molar-refractivity contribution in [3.63, 3.8) is 0 Å². The Kier molecular flexibility index (Phi) is 2.87. The summed E-state index contributed by atoms with van der Waals surface area (Å²) in [6.45, 7) is 3.54. The zero-order chi connectivity index (χ0) is 13.3. The van der Waals surface area contributed by atoms with Crippen molar-refractivity contribution in [3.05, 3.63) is 17.8 Å². The third-order valence-electron chi connectivity index (χ3n) is 2.53. The normalized spacial score (nSPS) is 11.7. The number of H-pyrrole nitrogens is 1. The van der Waals surface area contributed by atoms with Crippen molar-refractivity contribution in [2.45, 2.75) is 19.4 Å². The maximum atomic E-state index is 10.9. The van der Waals surface area contributed by atoms with Crippen LogP contribution in [0.25, 0.3) is 11.6 Å². The Bertz CT molecular complexity index is 572. The Balaban J connectivity index is 2.41. The number of aromatic nitrogens is 4. The van der Waals surface area contributed by atoms with E-state index in [4.69, 9.17) is 14.4 Å². The molecule has 0 fully saturated rings. The van der Waals surface area contributed by atoms with Crippen molar-refractivity contribution in [3.8, 4) is 11.6 Å². The lowest BCUT2D eigenvalue weighted by atomic mass is 10.1. The molecule has 18 heavy (non-hydrogen) atoms. The van der Waals surface area contributed by atoms with Gasteiger partial charge in [0.1, 0.15) is 11.3 Å². The van der Waals surface area contributed by atoms with Crippen LogP contribution >= 0.6 is 0 Å². The van der Waals surface area contributed by atoms with E-state index >= 15 is 0 Å². The minimum Gasteiger partial charge on any atom is -0.476 e. The van der Waals surface area contributed by atoms with Gasteiger partial charge in [-0.25, -0.2) is 9.78 Å².